The van der Waals surface area contributed by atoms with Crippen molar-refractivity contribution in [2.75, 3.05) is 6.54 Å². The minimum Gasteiger partial charge on any atom is -0.444 e. The minimum absolute atomic E-state index is 0.231. The first-order valence-electron chi connectivity index (χ1n) is 8.25. The van der Waals surface area contributed by atoms with Crippen molar-refractivity contribution >= 4 is 22.0 Å². The van der Waals surface area contributed by atoms with Crippen LogP contribution in [0.25, 0.3) is 0 Å². The second-order valence-corrected chi connectivity index (χ2v) is 7.55. The summed E-state index contributed by atoms with van der Waals surface area (Å²) in [6, 6.07) is 8.40. The van der Waals surface area contributed by atoms with Crippen molar-refractivity contribution in [3.63, 3.8) is 0 Å². The molecule has 0 aromatic heterocycles. The molecule has 0 spiro atoms. The smallest absolute Gasteiger partial charge is 0.407 e. The first-order valence-corrected chi connectivity index (χ1v) is 9.04. The Morgan fingerprint density at radius 1 is 1.30 bits per heavy atom. The number of hydrogen-bond donors (Lipinski definition) is 2. The quantitative estimate of drug-likeness (QED) is 0.687. The normalized spacial score (nSPS) is 12.7. The van der Waals surface area contributed by atoms with Gasteiger partial charge in [0, 0.05) is 23.6 Å². The van der Waals surface area contributed by atoms with E-state index in [9.17, 15) is 4.79 Å². The van der Waals surface area contributed by atoms with Crippen molar-refractivity contribution in [1.82, 2.24) is 10.6 Å². The fraction of sp³-hybridized carbons (Fsp3) is 0.611. The molecular weight excluding hydrogens is 356 g/mol. The van der Waals surface area contributed by atoms with E-state index in [2.05, 4.69) is 39.6 Å². The molecule has 2 N–H and O–H groups in total. The van der Waals surface area contributed by atoms with Crippen LogP contribution in [0, 0.1) is 0 Å². The Morgan fingerprint density at radius 3 is 2.61 bits per heavy atom. The van der Waals surface area contributed by atoms with E-state index >= 15 is 0 Å². The van der Waals surface area contributed by atoms with E-state index in [1.807, 2.05) is 39.0 Å². The second-order valence-electron chi connectivity index (χ2n) is 6.69. The number of halogens is 1. The van der Waals surface area contributed by atoms with Crippen LogP contribution in [-0.2, 0) is 11.3 Å². The van der Waals surface area contributed by atoms with E-state index < -0.39 is 5.60 Å². The zero-order valence-electron chi connectivity index (χ0n) is 14.6. The molecule has 0 aliphatic rings. The second kappa shape index (κ2) is 9.93. The first kappa shape index (κ1) is 20.0. The van der Waals surface area contributed by atoms with Crippen molar-refractivity contribution in [1.29, 1.82) is 0 Å². The van der Waals surface area contributed by atoms with Gasteiger partial charge in [0.15, 0.2) is 0 Å². The van der Waals surface area contributed by atoms with Crippen LogP contribution in [0.1, 0.15) is 52.5 Å². The molecule has 1 atom stereocenters. The average molecular weight is 385 g/mol. The molecule has 0 saturated heterocycles. The number of nitrogens with one attached hydrogen (secondary N) is 2. The van der Waals surface area contributed by atoms with Crippen LogP contribution in [0.4, 0.5) is 4.79 Å². The molecule has 0 heterocycles. The molecular formula is C18H29BrN2O2. The molecule has 1 rings (SSSR count). The van der Waals surface area contributed by atoms with Crippen LogP contribution in [0.15, 0.2) is 28.7 Å². The fourth-order valence-corrected chi connectivity index (χ4v) is 2.57. The lowest BCUT2D eigenvalue weighted by atomic mass is 10.1. The third-order valence-electron chi connectivity index (χ3n) is 3.34. The summed E-state index contributed by atoms with van der Waals surface area (Å²) in [6.45, 7) is 9.11. The Balaban J connectivity index is 2.49. The van der Waals surface area contributed by atoms with Crippen molar-refractivity contribution in [2.45, 2.75) is 65.1 Å². The van der Waals surface area contributed by atoms with Crippen LogP contribution >= 0.6 is 15.9 Å². The number of unbranched alkanes of at least 4 members (excludes halogenated alkanes) is 1. The summed E-state index contributed by atoms with van der Waals surface area (Å²) in [7, 11) is 0. The SMILES string of the molecule is CCCCC(CNC(=O)OC(C)(C)C)NCc1ccccc1Br. The highest BCUT2D eigenvalue weighted by atomic mass is 79.9. The van der Waals surface area contributed by atoms with Gasteiger partial charge < -0.3 is 15.4 Å². The highest BCUT2D eigenvalue weighted by molar-refractivity contribution is 9.10. The summed E-state index contributed by atoms with van der Waals surface area (Å²) >= 11 is 3.56. The highest BCUT2D eigenvalue weighted by Gasteiger charge is 2.17. The third kappa shape index (κ3) is 8.96. The van der Waals surface area contributed by atoms with Crippen LogP contribution < -0.4 is 10.6 Å². The van der Waals surface area contributed by atoms with E-state index in [-0.39, 0.29) is 12.1 Å². The molecule has 1 amide bonds. The van der Waals surface area contributed by atoms with Gasteiger partial charge in [-0.3, -0.25) is 0 Å². The molecule has 23 heavy (non-hydrogen) atoms. The summed E-state index contributed by atoms with van der Waals surface area (Å²) in [5, 5.41) is 6.39. The first-order chi connectivity index (χ1) is 10.8. The van der Waals surface area contributed by atoms with Gasteiger partial charge in [0.1, 0.15) is 5.60 Å². The maximum absolute atomic E-state index is 11.8. The molecule has 0 radical (unpaired) electrons. The van der Waals surface area contributed by atoms with Crippen molar-refractivity contribution in [3.05, 3.63) is 34.3 Å². The molecule has 1 aromatic carbocycles. The van der Waals surface area contributed by atoms with Crippen LogP contribution in [0.5, 0.6) is 0 Å². The van der Waals surface area contributed by atoms with Crippen molar-refractivity contribution in [2.24, 2.45) is 0 Å². The minimum atomic E-state index is -0.467. The monoisotopic (exact) mass is 384 g/mol. The molecule has 5 heteroatoms. The van der Waals surface area contributed by atoms with Gasteiger partial charge in [0.05, 0.1) is 0 Å². The lowest BCUT2D eigenvalue weighted by Crippen LogP contribution is -2.42. The highest BCUT2D eigenvalue weighted by Crippen LogP contribution is 2.16. The van der Waals surface area contributed by atoms with Gasteiger partial charge in [-0.15, -0.1) is 0 Å². The van der Waals surface area contributed by atoms with Gasteiger partial charge in [-0.2, -0.15) is 0 Å². The summed E-state index contributed by atoms with van der Waals surface area (Å²) < 4.78 is 6.39. The topological polar surface area (TPSA) is 50.4 Å². The Labute approximate surface area is 148 Å². The zero-order valence-corrected chi connectivity index (χ0v) is 16.2. The van der Waals surface area contributed by atoms with Gasteiger partial charge in [0.2, 0.25) is 0 Å². The number of rotatable bonds is 8. The number of carbonyl (C=O) groups excluding carboxylic acids is 1. The maximum Gasteiger partial charge on any atom is 0.407 e. The Hall–Kier alpha value is -1.07. The third-order valence-corrected chi connectivity index (χ3v) is 4.11. The molecule has 0 fully saturated rings. The fourth-order valence-electron chi connectivity index (χ4n) is 2.14. The summed E-state index contributed by atoms with van der Waals surface area (Å²) in [4.78, 5) is 11.8. The van der Waals surface area contributed by atoms with Gasteiger partial charge >= 0.3 is 6.09 Å². The Morgan fingerprint density at radius 2 is 2.00 bits per heavy atom. The van der Waals surface area contributed by atoms with Gasteiger partial charge in [-0.1, -0.05) is 53.9 Å². The molecule has 0 bridgehead atoms. The van der Waals surface area contributed by atoms with Crippen LogP contribution in [0.2, 0.25) is 0 Å². The largest absolute Gasteiger partial charge is 0.444 e. The van der Waals surface area contributed by atoms with Gasteiger partial charge in [-0.25, -0.2) is 4.79 Å². The van der Waals surface area contributed by atoms with E-state index in [1.165, 1.54) is 5.56 Å². The van der Waals surface area contributed by atoms with E-state index in [4.69, 9.17) is 4.74 Å². The maximum atomic E-state index is 11.8. The number of alkyl carbamates (subject to hydrolysis) is 1. The average Bonchev–Trinajstić information content (AvgIpc) is 2.46. The number of carbonyl (C=O) groups is 1. The number of ether oxygens (including phenoxy) is 1. The van der Waals surface area contributed by atoms with Crippen LogP contribution in [-0.4, -0.2) is 24.3 Å². The molecule has 130 valence electrons. The van der Waals surface area contributed by atoms with E-state index in [0.29, 0.717) is 6.54 Å². The predicted molar refractivity (Wildman–Crippen MR) is 98.5 cm³/mol. The lowest BCUT2D eigenvalue weighted by molar-refractivity contribution is 0.0521. The predicted octanol–water partition coefficient (Wildman–Crippen LogP) is 4.62. The van der Waals surface area contributed by atoms with Crippen LogP contribution in [0.3, 0.4) is 0 Å². The molecule has 0 aliphatic heterocycles. The summed E-state index contributed by atoms with van der Waals surface area (Å²) in [5.74, 6) is 0. The summed E-state index contributed by atoms with van der Waals surface area (Å²) in [6.07, 6.45) is 2.93. The number of hydrogen-bond acceptors (Lipinski definition) is 3. The van der Waals surface area contributed by atoms with Gasteiger partial charge in [-0.05, 0) is 38.8 Å². The zero-order chi connectivity index (χ0) is 17.3. The lowest BCUT2D eigenvalue weighted by Gasteiger charge is -2.23. The molecule has 0 aliphatic carbocycles. The molecule has 1 aromatic rings. The standard InChI is InChI=1S/C18H29BrN2O2/c1-5-6-10-15(13-21-17(22)23-18(2,3)4)20-12-14-9-7-8-11-16(14)19/h7-9,11,15,20H,5-6,10,12-13H2,1-4H3,(H,21,22). The Kier molecular flexibility index (Phi) is 8.63. The Bertz CT molecular complexity index is 486. The van der Waals surface area contributed by atoms with Crippen molar-refractivity contribution < 1.29 is 9.53 Å². The number of amides is 1. The van der Waals surface area contributed by atoms with Crippen molar-refractivity contribution in [3.8, 4) is 0 Å². The van der Waals surface area contributed by atoms with E-state index in [0.717, 1.165) is 30.3 Å². The summed E-state index contributed by atoms with van der Waals surface area (Å²) in [5.41, 5.74) is 0.747. The molecule has 4 nitrogen and oxygen atoms in total. The molecule has 1 unspecified atom stereocenters. The van der Waals surface area contributed by atoms with Gasteiger partial charge in [0.25, 0.3) is 0 Å². The number of benzene rings is 1. The molecule has 0 saturated carbocycles. The van der Waals surface area contributed by atoms with E-state index in [1.54, 1.807) is 0 Å².